The maximum Gasteiger partial charge on any atom is 0.417 e. The van der Waals surface area contributed by atoms with Gasteiger partial charge in [0.25, 0.3) is 0 Å². The number of nitrogens with zero attached hydrogens (tertiary/aromatic N) is 2. The summed E-state index contributed by atoms with van der Waals surface area (Å²) >= 11 is 0. The number of aromatic amines is 1. The van der Waals surface area contributed by atoms with Crippen molar-refractivity contribution in [2.75, 3.05) is 36.8 Å². The van der Waals surface area contributed by atoms with Gasteiger partial charge < -0.3 is 15.1 Å². The molecular weight excluding hydrogens is 268 g/mol. The van der Waals surface area contributed by atoms with Crippen LogP contribution in [-0.4, -0.2) is 42.1 Å². The summed E-state index contributed by atoms with van der Waals surface area (Å²) < 4.78 is 5.06. The lowest BCUT2D eigenvalue weighted by molar-refractivity contribution is 0.133. The van der Waals surface area contributed by atoms with Crippen LogP contribution < -0.4 is 16.4 Å². The molecule has 6 nitrogen and oxygen atoms in total. The predicted molar refractivity (Wildman–Crippen MR) is 82.7 cm³/mol. The molecule has 3 N–H and O–H groups in total. The Kier molecular flexibility index (Phi) is 2.92. The second-order valence-electron chi connectivity index (χ2n) is 6.05. The van der Waals surface area contributed by atoms with Gasteiger partial charge in [0, 0.05) is 31.7 Å². The van der Waals surface area contributed by atoms with Crippen LogP contribution in [0.5, 0.6) is 0 Å². The monoisotopic (exact) mass is 288 g/mol. The van der Waals surface area contributed by atoms with E-state index >= 15 is 0 Å². The van der Waals surface area contributed by atoms with E-state index in [0.717, 1.165) is 30.8 Å². The summed E-state index contributed by atoms with van der Waals surface area (Å²) in [6.45, 7) is 4.30. The minimum atomic E-state index is -0.432. The normalized spacial score (nSPS) is 23.4. The fourth-order valence-corrected chi connectivity index (χ4v) is 3.65. The van der Waals surface area contributed by atoms with Crippen molar-refractivity contribution in [2.24, 2.45) is 0 Å². The van der Waals surface area contributed by atoms with E-state index in [4.69, 9.17) is 10.2 Å². The van der Waals surface area contributed by atoms with E-state index in [1.54, 1.807) is 6.07 Å². The number of nitrogens with two attached hydrogens (primary N) is 1. The number of benzene rings is 1. The van der Waals surface area contributed by atoms with Crippen molar-refractivity contribution in [3.05, 3.63) is 22.7 Å². The second kappa shape index (κ2) is 4.80. The number of H-pyrrole nitrogens is 1. The molecule has 4 rings (SSSR count). The van der Waals surface area contributed by atoms with E-state index in [0.29, 0.717) is 17.3 Å². The summed E-state index contributed by atoms with van der Waals surface area (Å²) in [4.78, 5) is 18.9. The zero-order valence-corrected chi connectivity index (χ0v) is 12.0. The Hall–Kier alpha value is -1.95. The lowest BCUT2D eigenvalue weighted by Crippen LogP contribution is -2.55. The number of piperidine rings is 1. The molecule has 1 aromatic carbocycles. The van der Waals surface area contributed by atoms with Gasteiger partial charge in [0.2, 0.25) is 0 Å². The van der Waals surface area contributed by atoms with Crippen LogP contribution in [-0.2, 0) is 0 Å². The molecule has 2 aromatic rings. The van der Waals surface area contributed by atoms with Crippen LogP contribution in [0.2, 0.25) is 0 Å². The SMILES string of the molecule is Nc1cc2oc(=O)[nH]c2cc1N1CCN2CCCCC2C1. The highest BCUT2D eigenvalue weighted by atomic mass is 16.4. The first-order chi connectivity index (χ1) is 10.2. The first kappa shape index (κ1) is 12.8. The minimum Gasteiger partial charge on any atom is -0.408 e. The summed E-state index contributed by atoms with van der Waals surface area (Å²) in [5.41, 5.74) is 9.09. The van der Waals surface area contributed by atoms with Gasteiger partial charge in [-0.2, -0.15) is 0 Å². The number of rotatable bonds is 1. The number of aromatic nitrogens is 1. The maximum atomic E-state index is 11.3. The van der Waals surface area contributed by atoms with Crippen molar-refractivity contribution in [1.82, 2.24) is 9.88 Å². The van der Waals surface area contributed by atoms with Crippen molar-refractivity contribution >= 4 is 22.5 Å². The first-order valence-electron chi connectivity index (χ1n) is 7.62. The molecule has 1 unspecified atom stereocenters. The molecule has 0 amide bonds. The summed E-state index contributed by atoms with van der Waals surface area (Å²) in [5, 5.41) is 0. The average molecular weight is 288 g/mol. The first-order valence-corrected chi connectivity index (χ1v) is 7.62. The Bertz CT molecular complexity index is 720. The number of fused-ring (bicyclic) bond motifs is 2. The Balaban J connectivity index is 1.66. The Morgan fingerprint density at radius 3 is 3.05 bits per heavy atom. The average Bonchev–Trinajstić information content (AvgIpc) is 2.85. The zero-order valence-electron chi connectivity index (χ0n) is 12.0. The van der Waals surface area contributed by atoms with Gasteiger partial charge in [-0.3, -0.25) is 9.88 Å². The van der Waals surface area contributed by atoms with Gasteiger partial charge in [-0.1, -0.05) is 6.42 Å². The fourth-order valence-electron chi connectivity index (χ4n) is 3.65. The van der Waals surface area contributed by atoms with Gasteiger partial charge in [0.05, 0.1) is 16.9 Å². The smallest absolute Gasteiger partial charge is 0.408 e. The maximum absolute atomic E-state index is 11.3. The molecule has 3 heterocycles. The third kappa shape index (κ3) is 2.19. The van der Waals surface area contributed by atoms with Gasteiger partial charge >= 0.3 is 5.76 Å². The minimum absolute atomic E-state index is 0.432. The standard InChI is InChI=1S/C15H20N4O2/c16-11-7-14-12(17-15(20)21-14)8-13(11)19-6-5-18-4-2-1-3-10(18)9-19/h7-8,10H,1-6,9,16H2,(H,17,20). The van der Waals surface area contributed by atoms with E-state index < -0.39 is 5.76 Å². The van der Waals surface area contributed by atoms with E-state index in [9.17, 15) is 4.79 Å². The van der Waals surface area contributed by atoms with E-state index in [2.05, 4.69) is 14.8 Å². The number of hydrogen-bond acceptors (Lipinski definition) is 5. The number of nitrogen functional groups attached to an aromatic ring is 1. The molecule has 112 valence electrons. The molecule has 0 bridgehead atoms. The van der Waals surface area contributed by atoms with E-state index in [1.165, 1.54) is 25.8 Å². The van der Waals surface area contributed by atoms with Crippen molar-refractivity contribution in [2.45, 2.75) is 25.3 Å². The van der Waals surface area contributed by atoms with E-state index in [-0.39, 0.29) is 0 Å². The van der Waals surface area contributed by atoms with Crippen molar-refractivity contribution in [1.29, 1.82) is 0 Å². The molecule has 6 heteroatoms. The number of anilines is 2. The third-order valence-corrected chi connectivity index (χ3v) is 4.75. The summed E-state index contributed by atoms with van der Waals surface area (Å²) in [6, 6.07) is 4.31. The number of nitrogens with one attached hydrogen (secondary N) is 1. The van der Waals surface area contributed by atoms with Crippen LogP contribution in [0.3, 0.4) is 0 Å². The zero-order chi connectivity index (χ0) is 14.4. The summed E-state index contributed by atoms with van der Waals surface area (Å²) in [7, 11) is 0. The van der Waals surface area contributed by atoms with E-state index in [1.807, 2.05) is 6.07 Å². The fraction of sp³-hybridized carbons (Fsp3) is 0.533. The van der Waals surface area contributed by atoms with Gasteiger partial charge in [0.1, 0.15) is 0 Å². The highest BCUT2D eigenvalue weighted by Crippen LogP contribution is 2.31. The number of hydrogen-bond donors (Lipinski definition) is 2. The lowest BCUT2D eigenvalue weighted by atomic mass is 9.99. The summed E-state index contributed by atoms with van der Waals surface area (Å²) in [6.07, 6.45) is 3.90. The van der Waals surface area contributed by atoms with Gasteiger partial charge in [-0.25, -0.2) is 4.79 Å². The van der Waals surface area contributed by atoms with Crippen molar-refractivity contribution in [3.63, 3.8) is 0 Å². The summed E-state index contributed by atoms with van der Waals surface area (Å²) in [5.74, 6) is -0.432. The topological polar surface area (TPSA) is 78.5 Å². The van der Waals surface area contributed by atoms with Crippen LogP contribution in [0.1, 0.15) is 19.3 Å². The molecule has 0 radical (unpaired) electrons. The molecule has 0 spiro atoms. The number of piperazine rings is 1. The van der Waals surface area contributed by atoms with Gasteiger partial charge in [-0.15, -0.1) is 0 Å². The second-order valence-corrected chi connectivity index (χ2v) is 6.05. The van der Waals surface area contributed by atoms with Crippen LogP contribution >= 0.6 is 0 Å². The Morgan fingerprint density at radius 2 is 2.14 bits per heavy atom. The lowest BCUT2D eigenvalue weighted by Gasteiger charge is -2.45. The largest absolute Gasteiger partial charge is 0.417 e. The van der Waals surface area contributed by atoms with Crippen LogP contribution in [0, 0.1) is 0 Å². The quantitative estimate of drug-likeness (QED) is 0.775. The van der Waals surface area contributed by atoms with Crippen LogP contribution in [0.25, 0.3) is 11.1 Å². The molecule has 0 aliphatic carbocycles. The molecule has 1 aromatic heterocycles. The highest BCUT2D eigenvalue weighted by molar-refractivity contribution is 5.85. The Labute approximate surface area is 122 Å². The molecule has 2 fully saturated rings. The molecule has 2 saturated heterocycles. The highest BCUT2D eigenvalue weighted by Gasteiger charge is 2.29. The molecular formula is C15H20N4O2. The Morgan fingerprint density at radius 1 is 1.24 bits per heavy atom. The molecule has 0 saturated carbocycles. The van der Waals surface area contributed by atoms with Gasteiger partial charge in [-0.05, 0) is 25.5 Å². The van der Waals surface area contributed by atoms with Crippen molar-refractivity contribution in [3.8, 4) is 0 Å². The molecule has 2 aliphatic heterocycles. The number of oxazole rings is 1. The molecule has 21 heavy (non-hydrogen) atoms. The molecule has 1 atom stereocenters. The van der Waals surface area contributed by atoms with Crippen LogP contribution in [0.15, 0.2) is 21.3 Å². The van der Waals surface area contributed by atoms with Gasteiger partial charge in [0.15, 0.2) is 5.58 Å². The predicted octanol–water partition coefficient (Wildman–Crippen LogP) is 1.38. The van der Waals surface area contributed by atoms with Crippen LogP contribution in [0.4, 0.5) is 11.4 Å². The third-order valence-electron chi connectivity index (χ3n) is 4.75. The van der Waals surface area contributed by atoms with Crippen molar-refractivity contribution < 1.29 is 4.42 Å². The molecule has 2 aliphatic rings.